The van der Waals surface area contributed by atoms with Crippen LogP contribution < -0.4 is 10.6 Å². The first-order chi connectivity index (χ1) is 9.91. The molecule has 0 aromatic carbocycles. The quantitative estimate of drug-likeness (QED) is 0.902. The van der Waals surface area contributed by atoms with Crippen LogP contribution in [0.5, 0.6) is 0 Å². The number of pyridine rings is 1. The van der Waals surface area contributed by atoms with Crippen molar-refractivity contribution in [2.75, 3.05) is 12.4 Å². The second kappa shape index (κ2) is 6.32. The molecule has 0 unspecified atom stereocenters. The molecule has 1 aromatic heterocycles. The predicted octanol–water partition coefficient (Wildman–Crippen LogP) is 2.97. The molecule has 0 aliphatic heterocycles. The van der Waals surface area contributed by atoms with Gasteiger partial charge in [0.05, 0.1) is 11.5 Å². The van der Waals surface area contributed by atoms with Crippen molar-refractivity contribution in [3.05, 3.63) is 23.9 Å². The van der Waals surface area contributed by atoms with Crippen LogP contribution in [-0.4, -0.2) is 30.2 Å². The van der Waals surface area contributed by atoms with Gasteiger partial charge in [-0.3, -0.25) is 4.79 Å². The standard InChI is InChI=1S/C14H18F3N3O/c1-18-13(21)11-6-3-7-19-12(11)20-10-5-2-4-9(8-10)14(15,16)17/h3,6-7,9-10H,2,4-5,8H2,1H3,(H,18,21)(H,19,20)/t9-,10+/m0/s1. The molecule has 1 fully saturated rings. The van der Waals surface area contributed by atoms with Gasteiger partial charge in [-0.1, -0.05) is 6.42 Å². The molecule has 0 spiro atoms. The van der Waals surface area contributed by atoms with Crippen molar-refractivity contribution < 1.29 is 18.0 Å². The third-order valence-corrected chi connectivity index (χ3v) is 3.76. The zero-order valence-corrected chi connectivity index (χ0v) is 11.7. The van der Waals surface area contributed by atoms with Gasteiger partial charge in [-0.05, 0) is 31.4 Å². The van der Waals surface area contributed by atoms with Crippen LogP contribution in [0.2, 0.25) is 0 Å². The first-order valence-corrected chi connectivity index (χ1v) is 6.92. The van der Waals surface area contributed by atoms with Crippen LogP contribution in [0.25, 0.3) is 0 Å². The fourth-order valence-corrected chi connectivity index (χ4v) is 2.65. The van der Waals surface area contributed by atoms with Crippen molar-refractivity contribution in [3.8, 4) is 0 Å². The Bertz CT molecular complexity index is 504. The molecular formula is C14H18F3N3O. The van der Waals surface area contributed by atoms with Crippen molar-refractivity contribution in [1.82, 2.24) is 10.3 Å². The van der Waals surface area contributed by atoms with E-state index in [0.29, 0.717) is 24.2 Å². The van der Waals surface area contributed by atoms with Crippen molar-refractivity contribution in [2.24, 2.45) is 5.92 Å². The van der Waals surface area contributed by atoms with E-state index in [4.69, 9.17) is 0 Å². The van der Waals surface area contributed by atoms with E-state index >= 15 is 0 Å². The first-order valence-electron chi connectivity index (χ1n) is 6.92. The summed E-state index contributed by atoms with van der Waals surface area (Å²) in [7, 11) is 1.50. The molecule has 2 N–H and O–H groups in total. The molecule has 1 aliphatic rings. The molecule has 2 atom stereocenters. The van der Waals surface area contributed by atoms with Gasteiger partial charge in [0.15, 0.2) is 0 Å². The minimum absolute atomic E-state index is 0.0211. The van der Waals surface area contributed by atoms with Crippen LogP contribution >= 0.6 is 0 Å². The van der Waals surface area contributed by atoms with Crippen LogP contribution in [0.15, 0.2) is 18.3 Å². The Balaban J connectivity index is 2.10. The summed E-state index contributed by atoms with van der Waals surface area (Å²) in [5.74, 6) is -1.26. The lowest BCUT2D eigenvalue weighted by Gasteiger charge is -2.31. The van der Waals surface area contributed by atoms with E-state index in [1.165, 1.54) is 13.2 Å². The molecule has 2 rings (SSSR count). The molecule has 1 aromatic rings. The van der Waals surface area contributed by atoms with E-state index in [-0.39, 0.29) is 24.8 Å². The number of hydrogen-bond acceptors (Lipinski definition) is 3. The summed E-state index contributed by atoms with van der Waals surface area (Å²) in [6.07, 6.45) is -1.29. The number of amides is 1. The summed E-state index contributed by atoms with van der Waals surface area (Å²) < 4.78 is 38.4. The zero-order valence-electron chi connectivity index (χ0n) is 11.7. The Morgan fingerprint density at radius 1 is 1.38 bits per heavy atom. The highest BCUT2D eigenvalue weighted by molar-refractivity contribution is 5.98. The number of alkyl halides is 3. The van der Waals surface area contributed by atoms with E-state index < -0.39 is 12.1 Å². The molecule has 116 valence electrons. The molecule has 0 saturated heterocycles. The van der Waals surface area contributed by atoms with Crippen molar-refractivity contribution >= 4 is 11.7 Å². The number of hydrogen-bond donors (Lipinski definition) is 2. The summed E-state index contributed by atoms with van der Waals surface area (Å²) in [5, 5.41) is 5.49. The largest absolute Gasteiger partial charge is 0.391 e. The first kappa shape index (κ1) is 15.6. The van der Waals surface area contributed by atoms with Crippen LogP contribution in [0.4, 0.5) is 19.0 Å². The normalized spacial score (nSPS) is 22.7. The van der Waals surface area contributed by atoms with Gasteiger partial charge in [-0.2, -0.15) is 13.2 Å². The molecular weight excluding hydrogens is 283 g/mol. The maximum atomic E-state index is 12.8. The average Bonchev–Trinajstić information content (AvgIpc) is 2.46. The Morgan fingerprint density at radius 3 is 2.81 bits per heavy atom. The average molecular weight is 301 g/mol. The highest BCUT2D eigenvalue weighted by Crippen LogP contribution is 2.38. The minimum atomic E-state index is -4.16. The van der Waals surface area contributed by atoms with Crippen LogP contribution in [0.1, 0.15) is 36.0 Å². The monoisotopic (exact) mass is 301 g/mol. The molecule has 1 amide bonds. The van der Waals surface area contributed by atoms with Crippen LogP contribution in [0, 0.1) is 5.92 Å². The number of carbonyl (C=O) groups is 1. The Kier molecular flexibility index (Phi) is 4.69. The molecule has 1 heterocycles. The molecule has 0 radical (unpaired) electrons. The van der Waals surface area contributed by atoms with E-state index in [0.717, 1.165) is 0 Å². The summed E-state index contributed by atoms with van der Waals surface area (Å²) >= 11 is 0. The SMILES string of the molecule is CNC(=O)c1cccnc1N[C@@H]1CCC[C@H](C(F)(F)F)C1. The van der Waals surface area contributed by atoms with Gasteiger partial charge >= 0.3 is 6.18 Å². The maximum Gasteiger partial charge on any atom is 0.391 e. The van der Waals surface area contributed by atoms with Gasteiger partial charge in [0, 0.05) is 19.3 Å². The van der Waals surface area contributed by atoms with E-state index in [2.05, 4.69) is 15.6 Å². The lowest BCUT2D eigenvalue weighted by atomic mass is 9.85. The summed E-state index contributed by atoms with van der Waals surface area (Å²) in [4.78, 5) is 15.8. The van der Waals surface area contributed by atoms with Crippen LogP contribution in [-0.2, 0) is 0 Å². The molecule has 7 heteroatoms. The minimum Gasteiger partial charge on any atom is -0.367 e. The predicted molar refractivity (Wildman–Crippen MR) is 73.1 cm³/mol. The molecule has 21 heavy (non-hydrogen) atoms. The summed E-state index contributed by atoms with van der Waals surface area (Å²) in [6.45, 7) is 0. The summed E-state index contributed by atoms with van der Waals surface area (Å²) in [6, 6.07) is 2.90. The van der Waals surface area contributed by atoms with Gasteiger partial charge in [0.2, 0.25) is 0 Å². The molecule has 1 aliphatic carbocycles. The van der Waals surface area contributed by atoms with E-state index in [1.54, 1.807) is 12.1 Å². The molecule has 0 bridgehead atoms. The number of nitrogens with one attached hydrogen (secondary N) is 2. The van der Waals surface area contributed by atoms with Gasteiger partial charge in [-0.15, -0.1) is 0 Å². The van der Waals surface area contributed by atoms with Crippen molar-refractivity contribution in [3.63, 3.8) is 0 Å². The van der Waals surface area contributed by atoms with E-state index in [1.807, 2.05) is 0 Å². The zero-order chi connectivity index (χ0) is 15.5. The van der Waals surface area contributed by atoms with Gasteiger partial charge in [0.1, 0.15) is 5.82 Å². The fourth-order valence-electron chi connectivity index (χ4n) is 2.65. The number of halogens is 3. The highest BCUT2D eigenvalue weighted by Gasteiger charge is 2.42. The highest BCUT2D eigenvalue weighted by atomic mass is 19.4. The molecule has 1 saturated carbocycles. The molecule has 4 nitrogen and oxygen atoms in total. The topological polar surface area (TPSA) is 54.0 Å². The number of carbonyl (C=O) groups excluding carboxylic acids is 1. The summed E-state index contributed by atoms with van der Waals surface area (Å²) in [5.41, 5.74) is 0.342. The number of anilines is 1. The lowest BCUT2D eigenvalue weighted by molar-refractivity contribution is -0.182. The van der Waals surface area contributed by atoms with Crippen molar-refractivity contribution in [1.29, 1.82) is 0 Å². The number of rotatable bonds is 3. The third-order valence-electron chi connectivity index (χ3n) is 3.76. The number of nitrogens with zero attached hydrogens (tertiary/aromatic N) is 1. The maximum absolute atomic E-state index is 12.8. The number of aromatic nitrogens is 1. The van der Waals surface area contributed by atoms with Gasteiger partial charge in [0.25, 0.3) is 5.91 Å². The Labute approximate surface area is 121 Å². The second-order valence-corrected chi connectivity index (χ2v) is 5.23. The third kappa shape index (κ3) is 3.86. The second-order valence-electron chi connectivity index (χ2n) is 5.23. The fraction of sp³-hybridized carbons (Fsp3) is 0.571. The van der Waals surface area contributed by atoms with Crippen molar-refractivity contribution in [2.45, 2.75) is 37.9 Å². The van der Waals surface area contributed by atoms with Gasteiger partial charge < -0.3 is 10.6 Å². The van der Waals surface area contributed by atoms with Gasteiger partial charge in [-0.25, -0.2) is 4.98 Å². The lowest BCUT2D eigenvalue weighted by Crippen LogP contribution is -2.35. The Hall–Kier alpha value is -1.79. The van der Waals surface area contributed by atoms with Crippen LogP contribution in [0.3, 0.4) is 0 Å². The van der Waals surface area contributed by atoms with E-state index in [9.17, 15) is 18.0 Å². The Morgan fingerprint density at radius 2 is 2.14 bits per heavy atom. The smallest absolute Gasteiger partial charge is 0.367 e.